The van der Waals surface area contributed by atoms with Crippen LogP contribution in [0.4, 0.5) is 4.39 Å². The molecule has 4 rings (SSSR count). The molecule has 1 amide bonds. The van der Waals surface area contributed by atoms with Gasteiger partial charge < -0.3 is 9.64 Å². The van der Waals surface area contributed by atoms with Gasteiger partial charge in [0.05, 0.1) is 26.3 Å². The number of carbonyl (C=O) groups is 1. The normalized spacial score (nSPS) is 25.5. The maximum absolute atomic E-state index is 12.5. The number of ether oxygens (including phenoxy) is 1. The first-order valence-corrected chi connectivity index (χ1v) is 9.89. The first-order valence-electron chi connectivity index (χ1n) is 9.89. The van der Waals surface area contributed by atoms with Crippen molar-refractivity contribution in [1.29, 1.82) is 0 Å². The third-order valence-electron chi connectivity index (χ3n) is 6.59. The Bertz CT molecular complexity index is 664. The highest BCUT2D eigenvalue weighted by Crippen LogP contribution is 2.53. The third-order valence-corrected chi connectivity index (χ3v) is 6.59. The Labute approximate surface area is 155 Å². The lowest BCUT2D eigenvalue weighted by Crippen LogP contribution is -2.45. The molecule has 0 radical (unpaired) electrons. The lowest BCUT2D eigenvalue weighted by atomic mass is 9.73. The van der Waals surface area contributed by atoms with Gasteiger partial charge in [-0.25, -0.2) is 0 Å². The van der Waals surface area contributed by atoms with Crippen LogP contribution in [0.1, 0.15) is 48.4 Å². The Morgan fingerprint density at radius 1 is 1.23 bits per heavy atom. The second-order valence-corrected chi connectivity index (χ2v) is 8.06. The van der Waals surface area contributed by atoms with Crippen LogP contribution in [0.3, 0.4) is 0 Å². The Morgan fingerprint density at radius 3 is 2.65 bits per heavy atom. The van der Waals surface area contributed by atoms with E-state index in [1.807, 2.05) is 4.90 Å². The van der Waals surface area contributed by atoms with Gasteiger partial charge in [-0.2, -0.15) is 0 Å². The van der Waals surface area contributed by atoms with Crippen molar-refractivity contribution in [3.8, 4) is 0 Å². The summed E-state index contributed by atoms with van der Waals surface area (Å²) < 4.78 is 18.1. The summed E-state index contributed by atoms with van der Waals surface area (Å²) in [5, 5.41) is 0. The number of amides is 1. The van der Waals surface area contributed by atoms with Gasteiger partial charge in [0.1, 0.15) is 0 Å². The molecule has 1 aromatic carbocycles. The van der Waals surface area contributed by atoms with E-state index < -0.39 is 6.67 Å². The molecule has 1 unspecified atom stereocenters. The molecule has 2 fully saturated rings. The molecule has 3 aliphatic rings. The van der Waals surface area contributed by atoms with E-state index in [1.165, 1.54) is 16.7 Å². The molecule has 1 atom stereocenters. The Morgan fingerprint density at radius 2 is 1.96 bits per heavy atom. The molecule has 4 nitrogen and oxygen atoms in total. The average Bonchev–Trinajstić information content (AvgIpc) is 2.96. The van der Waals surface area contributed by atoms with E-state index in [2.05, 4.69) is 30.0 Å². The van der Waals surface area contributed by atoms with E-state index in [0.29, 0.717) is 6.04 Å². The van der Waals surface area contributed by atoms with E-state index in [-0.39, 0.29) is 17.7 Å². The number of piperidine rings is 1. The molecule has 0 N–H and O–H groups in total. The smallest absolute Gasteiger partial charge is 0.225 e. The molecule has 1 spiro atoms. The topological polar surface area (TPSA) is 32.8 Å². The number of carbonyl (C=O) groups excluding carboxylic acids is 1. The van der Waals surface area contributed by atoms with Gasteiger partial charge in [-0.15, -0.1) is 0 Å². The molecule has 26 heavy (non-hydrogen) atoms. The molecule has 2 heterocycles. The quantitative estimate of drug-likeness (QED) is 0.831. The molecular formula is C21H29FN2O2. The van der Waals surface area contributed by atoms with Crippen molar-refractivity contribution in [2.75, 3.05) is 46.1 Å². The predicted molar refractivity (Wildman–Crippen MR) is 99.0 cm³/mol. The molecule has 5 heteroatoms. The number of morpholine rings is 1. The number of nitrogens with zero attached hydrogens (tertiary/aromatic N) is 2. The third kappa shape index (κ3) is 3.16. The summed E-state index contributed by atoms with van der Waals surface area (Å²) >= 11 is 0. The number of hydrogen-bond donors (Lipinski definition) is 0. The van der Waals surface area contributed by atoms with Crippen molar-refractivity contribution in [3.63, 3.8) is 0 Å². The van der Waals surface area contributed by atoms with E-state index in [9.17, 15) is 9.18 Å². The second kappa shape index (κ2) is 7.28. The molecule has 2 aliphatic heterocycles. The molecule has 142 valence electrons. The van der Waals surface area contributed by atoms with Gasteiger partial charge in [-0.05, 0) is 37.3 Å². The molecule has 0 aromatic heterocycles. The summed E-state index contributed by atoms with van der Waals surface area (Å²) in [7, 11) is 0. The SMILES string of the molecule is Cc1ccc2c(c1)C(N1CCOCC1)CC21CCN(C(=O)CCF)CC1. The fourth-order valence-corrected chi connectivity index (χ4v) is 5.14. The van der Waals surface area contributed by atoms with Gasteiger partial charge in [0.15, 0.2) is 0 Å². The fourth-order valence-electron chi connectivity index (χ4n) is 5.14. The number of aryl methyl sites for hydroxylation is 1. The summed E-state index contributed by atoms with van der Waals surface area (Å²) in [6.07, 6.45) is 3.14. The van der Waals surface area contributed by atoms with Gasteiger partial charge in [0.2, 0.25) is 5.91 Å². The van der Waals surface area contributed by atoms with E-state index in [1.54, 1.807) is 0 Å². The zero-order valence-electron chi connectivity index (χ0n) is 15.7. The highest BCUT2D eigenvalue weighted by molar-refractivity contribution is 5.76. The van der Waals surface area contributed by atoms with Crippen LogP contribution < -0.4 is 0 Å². The minimum atomic E-state index is -0.554. The van der Waals surface area contributed by atoms with Crippen LogP contribution in [0.15, 0.2) is 18.2 Å². The number of fused-ring (bicyclic) bond motifs is 2. The molecule has 1 aromatic rings. The summed E-state index contributed by atoms with van der Waals surface area (Å²) in [6.45, 7) is 6.74. The van der Waals surface area contributed by atoms with E-state index in [0.717, 1.165) is 58.7 Å². The van der Waals surface area contributed by atoms with Crippen LogP contribution in [0, 0.1) is 6.92 Å². The van der Waals surface area contributed by atoms with Gasteiger partial charge in [0.25, 0.3) is 0 Å². The zero-order chi connectivity index (χ0) is 18.1. The number of alkyl halides is 1. The maximum atomic E-state index is 12.5. The Hall–Kier alpha value is -1.46. The predicted octanol–water partition coefficient (Wildman–Crippen LogP) is 2.99. The van der Waals surface area contributed by atoms with Crippen molar-refractivity contribution in [2.45, 2.75) is 44.1 Å². The summed E-state index contributed by atoms with van der Waals surface area (Å²) in [5.41, 5.74) is 4.45. The van der Waals surface area contributed by atoms with Gasteiger partial charge >= 0.3 is 0 Å². The maximum Gasteiger partial charge on any atom is 0.225 e. The highest BCUT2D eigenvalue weighted by Gasteiger charge is 2.47. The van der Waals surface area contributed by atoms with Crippen molar-refractivity contribution in [1.82, 2.24) is 9.80 Å². The Kier molecular flexibility index (Phi) is 5.02. The fraction of sp³-hybridized carbons (Fsp3) is 0.667. The average molecular weight is 360 g/mol. The lowest BCUT2D eigenvalue weighted by molar-refractivity contribution is -0.133. The lowest BCUT2D eigenvalue weighted by Gasteiger charge is -2.41. The summed E-state index contributed by atoms with van der Waals surface area (Å²) in [4.78, 5) is 16.5. The summed E-state index contributed by atoms with van der Waals surface area (Å²) in [5.74, 6) is -0.0331. The second-order valence-electron chi connectivity index (χ2n) is 8.06. The Balaban J connectivity index is 1.57. The van der Waals surface area contributed by atoms with Crippen molar-refractivity contribution in [3.05, 3.63) is 34.9 Å². The minimum absolute atomic E-state index is 0.0270. The first-order chi connectivity index (χ1) is 12.6. The van der Waals surface area contributed by atoms with Crippen LogP contribution in [0.2, 0.25) is 0 Å². The number of likely N-dealkylation sites (tertiary alicyclic amines) is 1. The van der Waals surface area contributed by atoms with Crippen LogP contribution >= 0.6 is 0 Å². The number of benzene rings is 1. The van der Waals surface area contributed by atoms with Crippen molar-refractivity contribution in [2.24, 2.45) is 0 Å². The van der Waals surface area contributed by atoms with Gasteiger partial charge in [-0.1, -0.05) is 23.8 Å². The zero-order valence-corrected chi connectivity index (χ0v) is 15.7. The van der Waals surface area contributed by atoms with Crippen LogP contribution in [-0.4, -0.2) is 61.8 Å². The molecule has 2 saturated heterocycles. The molecule has 0 saturated carbocycles. The van der Waals surface area contributed by atoms with Crippen LogP contribution in [0.25, 0.3) is 0 Å². The highest BCUT2D eigenvalue weighted by atomic mass is 19.1. The standard InChI is InChI=1S/C21H29FN2O2/c1-16-2-3-18-17(14-16)19(23-10-12-26-13-11-23)15-21(18)5-8-24(9-6-21)20(25)4-7-22/h2-3,14,19H,4-13,15H2,1H3. The van der Waals surface area contributed by atoms with Crippen molar-refractivity contribution >= 4 is 5.91 Å². The molecule has 0 bridgehead atoms. The van der Waals surface area contributed by atoms with Crippen LogP contribution in [0.5, 0.6) is 0 Å². The monoisotopic (exact) mass is 360 g/mol. The molecular weight excluding hydrogens is 331 g/mol. The number of halogens is 1. The van der Waals surface area contributed by atoms with Gasteiger partial charge in [0, 0.05) is 37.6 Å². The van der Waals surface area contributed by atoms with Crippen LogP contribution in [-0.2, 0) is 14.9 Å². The minimum Gasteiger partial charge on any atom is -0.379 e. The first kappa shape index (κ1) is 17.9. The van der Waals surface area contributed by atoms with E-state index >= 15 is 0 Å². The number of rotatable bonds is 3. The largest absolute Gasteiger partial charge is 0.379 e. The number of hydrogen-bond acceptors (Lipinski definition) is 3. The molecule has 1 aliphatic carbocycles. The summed E-state index contributed by atoms with van der Waals surface area (Å²) in [6, 6.07) is 7.37. The van der Waals surface area contributed by atoms with Gasteiger partial charge in [-0.3, -0.25) is 14.1 Å². The van der Waals surface area contributed by atoms with Crippen molar-refractivity contribution < 1.29 is 13.9 Å². The van der Waals surface area contributed by atoms with E-state index in [4.69, 9.17) is 4.74 Å².